The van der Waals surface area contributed by atoms with Crippen LogP contribution in [0, 0.1) is 17.2 Å². The fourth-order valence-corrected chi connectivity index (χ4v) is 2.74. The molecule has 1 aliphatic rings. The van der Waals surface area contributed by atoms with Gasteiger partial charge in [0.1, 0.15) is 0 Å². The molecule has 2 heteroatoms. The number of nitrogens with zero attached hydrogens (tertiary/aromatic N) is 1. The zero-order chi connectivity index (χ0) is 12.1. The van der Waals surface area contributed by atoms with E-state index in [0.717, 1.165) is 11.5 Å². The fourth-order valence-electron chi connectivity index (χ4n) is 2.74. The quantitative estimate of drug-likeness (QED) is 0.852. The Balaban J connectivity index is 1.97. The van der Waals surface area contributed by atoms with Crippen LogP contribution in [0.25, 0.3) is 0 Å². The Kier molecular flexibility index (Phi) is 4.03. The molecule has 1 saturated carbocycles. The molecule has 0 amide bonds. The van der Waals surface area contributed by atoms with Crippen molar-refractivity contribution in [3.63, 3.8) is 0 Å². The van der Waals surface area contributed by atoms with Gasteiger partial charge in [0, 0.05) is 11.7 Å². The highest BCUT2D eigenvalue weighted by Gasteiger charge is 2.25. The highest BCUT2D eigenvalue weighted by Crippen LogP contribution is 2.30. The summed E-state index contributed by atoms with van der Waals surface area (Å²) in [6.45, 7) is 2.28. The Bertz CT molecular complexity index is 388. The van der Waals surface area contributed by atoms with E-state index in [4.69, 9.17) is 5.26 Å². The van der Waals surface area contributed by atoms with E-state index in [1.807, 2.05) is 12.1 Å². The van der Waals surface area contributed by atoms with Gasteiger partial charge in [-0.25, -0.2) is 0 Å². The van der Waals surface area contributed by atoms with Gasteiger partial charge in [-0.05, 0) is 36.5 Å². The predicted molar refractivity (Wildman–Crippen MR) is 70.8 cm³/mol. The number of nitrogens with one attached hydrogen (secondary N) is 1. The zero-order valence-electron chi connectivity index (χ0n) is 10.4. The Morgan fingerprint density at radius 2 is 2.06 bits per heavy atom. The predicted octanol–water partition coefficient (Wildman–Crippen LogP) is 3.74. The molecule has 0 heterocycles. The summed E-state index contributed by atoms with van der Waals surface area (Å²) in [7, 11) is 0. The van der Waals surface area contributed by atoms with E-state index in [1.54, 1.807) is 0 Å². The molecule has 0 spiro atoms. The van der Waals surface area contributed by atoms with Crippen molar-refractivity contribution in [2.75, 3.05) is 5.32 Å². The minimum Gasteiger partial charge on any atom is -0.382 e. The Morgan fingerprint density at radius 3 is 2.71 bits per heavy atom. The highest BCUT2D eigenvalue weighted by atomic mass is 14.9. The molecule has 1 N–H and O–H groups in total. The molecule has 1 aromatic rings. The van der Waals surface area contributed by atoms with E-state index < -0.39 is 0 Å². The largest absolute Gasteiger partial charge is 0.382 e. The average molecular weight is 228 g/mol. The van der Waals surface area contributed by atoms with Crippen molar-refractivity contribution in [1.82, 2.24) is 0 Å². The molecule has 2 nitrogen and oxygen atoms in total. The van der Waals surface area contributed by atoms with Gasteiger partial charge in [-0.1, -0.05) is 31.9 Å². The van der Waals surface area contributed by atoms with Gasteiger partial charge in [0.25, 0.3) is 0 Å². The van der Waals surface area contributed by atoms with E-state index in [9.17, 15) is 0 Å². The molecule has 0 saturated heterocycles. The van der Waals surface area contributed by atoms with Crippen LogP contribution in [0.3, 0.4) is 0 Å². The second-order valence-corrected chi connectivity index (χ2v) is 4.88. The summed E-state index contributed by atoms with van der Waals surface area (Å²) in [5.41, 5.74) is 2.29. The lowest BCUT2D eigenvalue weighted by Crippen LogP contribution is -2.23. The first-order valence-electron chi connectivity index (χ1n) is 6.56. The molecule has 0 aliphatic heterocycles. The molecule has 0 radical (unpaired) electrons. The maximum Gasteiger partial charge on any atom is 0.0669 e. The Labute approximate surface area is 104 Å². The molecule has 90 valence electrons. The molecule has 1 fully saturated rings. The van der Waals surface area contributed by atoms with Gasteiger partial charge in [0.05, 0.1) is 12.5 Å². The van der Waals surface area contributed by atoms with E-state index in [-0.39, 0.29) is 0 Å². The molecule has 17 heavy (non-hydrogen) atoms. The normalized spacial score (nSPS) is 23.3. The van der Waals surface area contributed by atoms with E-state index in [2.05, 4.69) is 30.4 Å². The van der Waals surface area contributed by atoms with Gasteiger partial charge >= 0.3 is 0 Å². The van der Waals surface area contributed by atoms with Crippen LogP contribution in [-0.4, -0.2) is 6.04 Å². The summed E-state index contributed by atoms with van der Waals surface area (Å²) in [6.07, 6.45) is 5.77. The number of nitriles is 1. The third-order valence-electron chi connectivity index (χ3n) is 3.77. The monoisotopic (exact) mass is 228 g/mol. The van der Waals surface area contributed by atoms with Crippen molar-refractivity contribution in [3.8, 4) is 6.07 Å². The summed E-state index contributed by atoms with van der Waals surface area (Å²) in [6, 6.07) is 11.1. The smallest absolute Gasteiger partial charge is 0.0669 e. The summed E-state index contributed by atoms with van der Waals surface area (Å²) >= 11 is 0. The first-order chi connectivity index (χ1) is 8.33. The maximum absolute atomic E-state index is 8.62. The van der Waals surface area contributed by atoms with Crippen molar-refractivity contribution < 1.29 is 0 Å². The molecule has 1 aromatic carbocycles. The number of hydrogen-bond acceptors (Lipinski definition) is 2. The Hall–Kier alpha value is -1.49. The third kappa shape index (κ3) is 3.00. The van der Waals surface area contributed by atoms with Crippen molar-refractivity contribution in [3.05, 3.63) is 29.8 Å². The topological polar surface area (TPSA) is 35.8 Å². The molecule has 2 atom stereocenters. The lowest BCUT2D eigenvalue weighted by atomic mass is 10.0. The van der Waals surface area contributed by atoms with Crippen LogP contribution in [-0.2, 0) is 6.42 Å². The van der Waals surface area contributed by atoms with Crippen LogP contribution < -0.4 is 5.32 Å². The van der Waals surface area contributed by atoms with Gasteiger partial charge in [0.2, 0.25) is 0 Å². The first kappa shape index (κ1) is 12.0. The summed E-state index contributed by atoms with van der Waals surface area (Å²) in [4.78, 5) is 0. The second kappa shape index (κ2) is 5.72. The van der Waals surface area contributed by atoms with Crippen LogP contribution >= 0.6 is 0 Å². The summed E-state index contributed by atoms with van der Waals surface area (Å²) in [5.74, 6) is 0.828. The molecular weight excluding hydrogens is 208 g/mol. The van der Waals surface area contributed by atoms with Gasteiger partial charge in [-0.15, -0.1) is 0 Å². The van der Waals surface area contributed by atoms with Gasteiger partial charge < -0.3 is 5.32 Å². The number of hydrogen-bond donors (Lipinski definition) is 1. The molecule has 2 rings (SSSR count). The zero-order valence-corrected chi connectivity index (χ0v) is 10.4. The SMILES string of the molecule is CCC1CCCC1Nc1ccc(CC#N)cc1. The van der Waals surface area contributed by atoms with Crippen LogP contribution in [0.1, 0.15) is 38.2 Å². The summed E-state index contributed by atoms with van der Waals surface area (Å²) in [5, 5.41) is 12.2. The molecule has 1 aliphatic carbocycles. The minimum atomic E-state index is 0.501. The number of benzene rings is 1. The molecule has 0 aromatic heterocycles. The van der Waals surface area contributed by atoms with E-state index in [0.29, 0.717) is 12.5 Å². The van der Waals surface area contributed by atoms with E-state index in [1.165, 1.54) is 31.4 Å². The van der Waals surface area contributed by atoms with Gasteiger partial charge in [0.15, 0.2) is 0 Å². The maximum atomic E-state index is 8.62. The van der Waals surface area contributed by atoms with Gasteiger partial charge in [-0.2, -0.15) is 5.26 Å². The van der Waals surface area contributed by atoms with Crippen molar-refractivity contribution >= 4 is 5.69 Å². The first-order valence-corrected chi connectivity index (χ1v) is 6.56. The molecular formula is C15H20N2. The lowest BCUT2D eigenvalue weighted by Gasteiger charge is -2.20. The standard InChI is InChI=1S/C15H20N2/c1-2-13-4-3-5-15(13)17-14-8-6-12(7-9-14)10-11-16/h6-9,13,15,17H,2-5,10H2,1H3. The average Bonchev–Trinajstić information content (AvgIpc) is 2.79. The molecule has 0 bridgehead atoms. The van der Waals surface area contributed by atoms with Crippen LogP contribution in [0.5, 0.6) is 0 Å². The van der Waals surface area contributed by atoms with Crippen LogP contribution in [0.4, 0.5) is 5.69 Å². The third-order valence-corrected chi connectivity index (χ3v) is 3.77. The van der Waals surface area contributed by atoms with Crippen molar-refractivity contribution in [2.45, 2.75) is 45.1 Å². The van der Waals surface area contributed by atoms with Crippen LogP contribution in [0.15, 0.2) is 24.3 Å². The number of rotatable bonds is 4. The van der Waals surface area contributed by atoms with Crippen LogP contribution in [0.2, 0.25) is 0 Å². The van der Waals surface area contributed by atoms with E-state index >= 15 is 0 Å². The highest BCUT2D eigenvalue weighted by molar-refractivity contribution is 5.46. The van der Waals surface area contributed by atoms with Crippen molar-refractivity contribution in [2.24, 2.45) is 5.92 Å². The second-order valence-electron chi connectivity index (χ2n) is 4.88. The Morgan fingerprint density at radius 1 is 1.29 bits per heavy atom. The van der Waals surface area contributed by atoms with Crippen molar-refractivity contribution in [1.29, 1.82) is 5.26 Å². The lowest BCUT2D eigenvalue weighted by molar-refractivity contribution is 0.489. The fraction of sp³-hybridized carbons (Fsp3) is 0.533. The molecule has 2 unspecified atom stereocenters. The number of anilines is 1. The summed E-state index contributed by atoms with van der Waals surface area (Å²) < 4.78 is 0. The van der Waals surface area contributed by atoms with Gasteiger partial charge in [-0.3, -0.25) is 0 Å². The minimum absolute atomic E-state index is 0.501.